The number of carbonyl (C=O) groups is 2. The third-order valence-electron chi connectivity index (χ3n) is 5.16. The molecule has 1 fully saturated rings. The highest BCUT2D eigenvalue weighted by atomic mass is 35.5. The van der Waals surface area contributed by atoms with Crippen LogP contribution in [0.5, 0.6) is 0 Å². The average molecular weight is 475 g/mol. The zero-order valence-electron chi connectivity index (χ0n) is 19.0. The van der Waals surface area contributed by atoms with Gasteiger partial charge in [0.2, 0.25) is 5.91 Å². The Bertz CT molecular complexity index is 915. The van der Waals surface area contributed by atoms with Gasteiger partial charge in [0, 0.05) is 16.8 Å². The van der Waals surface area contributed by atoms with E-state index in [-0.39, 0.29) is 17.3 Å². The Balaban J connectivity index is 1.71. The number of nitrogens with zero attached hydrogens (tertiary/aromatic N) is 1. The Morgan fingerprint density at radius 3 is 2.44 bits per heavy atom. The first kappa shape index (κ1) is 24.5. The molecule has 1 N–H and O–H groups in total. The van der Waals surface area contributed by atoms with Crippen molar-refractivity contribution in [1.82, 2.24) is 10.2 Å². The van der Waals surface area contributed by atoms with Gasteiger partial charge in [-0.1, -0.05) is 54.1 Å². The number of rotatable bonds is 6. The maximum Gasteiger partial charge on any atom is 0.412 e. The van der Waals surface area contributed by atoms with Crippen LogP contribution in [0.25, 0.3) is 0 Å². The summed E-state index contributed by atoms with van der Waals surface area (Å²) in [4.78, 5) is 27.9. The molecular weight excluding hydrogens is 444 g/mol. The summed E-state index contributed by atoms with van der Waals surface area (Å²) in [6.07, 6.45) is 1.22. The third kappa shape index (κ3) is 6.66. The van der Waals surface area contributed by atoms with Crippen molar-refractivity contribution in [3.05, 3.63) is 70.7 Å². The number of halogens is 1. The van der Waals surface area contributed by atoms with Crippen LogP contribution < -0.4 is 5.32 Å². The molecule has 0 radical (unpaired) electrons. The number of hydrogen-bond donors (Lipinski definition) is 1. The van der Waals surface area contributed by atoms with E-state index >= 15 is 0 Å². The van der Waals surface area contributed by atoms with E-state index < -0.39 is 17.7 Å². The number of ether oxygens (including phenoxy) is 1. The van der Waals surface area contributed by atoms with Gasteiger partial charge in [0.1, 0.15) is 17.0 Å². The van der Waals surface area contributed by atoms with Gasteiger partial charge < -0.3 is 10.1 Å². The number of hydrogen-bond acceptors (Lipinski definition) is 4. The summed E-state index contributed by atoms with van der Waals surface area (Å²) in [5.41, 5.74) is 1.50. The SMILES string of the molecule is CC(CCc1ccccc1)NC(=O)C1CSC(c2ccc(Cl)cc2)N1C(=O)OC(C)(C)C. The molecule has 1 saturated heterocycles. The molecular formula is C25H31ClN2O3S. The van der Waals surface area contributed by atoms with Gasteiger partial charge in [0.15, 0.2) is 0 Å². The van der Waals surface area contributed by atoms with Gasteiger partial charge in [0.25, 0.3) is 0 Å². The number of carbonyl (C=O) groups excluding carboxylic acids is 2. The Hall–Kier alpha value is -2.18. The van der Waals surface area contributed by atoms with Crippen molar-refractivity contribution < 1.29 is 14.3 Å². The number of benzene rings is 2. The fourth-order valence-corrected chi connectivity index (χ4v) is 5.11. The summed E-state index contributed by atoms with van der Waals surface area (Å²) in [5, 5.41) is 3.42. The Kier molecular flexibility index (Phi) is 8.12. The first-order valence-electron chi connectivity index (χ1n) is 10.9. The average Bonchev–Trinajstić information content (AvgIpc) is 3.18. The first-order chi connectivity index (χ1) is 15.1. The zero-order valence-corrected chi connectivity index (χ0v) is 20.6. The topological polar surface area (TPSA) is 58.6 Å². The van der Waals surface area contributed by atoms with Crippen LogP contribution in [0.2, 0.25) is 5.02 Å². The molecule has 3 atom stereocenters. The van der Waals surface area contributed by atoms with Gasteiger partial charge in [-0.05, 0) is 63.8 Å². The van der Waals surface area contributed by atoms with Crippen LogP contribution in [0.3, 0.4) is 0 Å². The van der Waals surface area contributed by atoms with E-state index in [4.69, 9.17) is 16.3 Å². The lowest BCUT2D eigenvalue weighted by atomic mass is 10.1. The fraction of sp³-hybridized carbons (Fsp3) is 0.440. The summed E-state index contributed by atoms with van der Waals surface area (Å²) >= 11 is 7.60. The normalized spacial score (nSPS) is 19.5. The maximum atomic E-state index is 13.2. The number of amides is 2. The van der Waals surface area contributed by atoms with Crippen LogP contribution in [0.15, 0.2) is 54.6 Å². The molecule has 0 spiro atoms. The van der Waals surface area contributed by atoms with Crippen molar-refractivity contribution in [2.45, 2.75) is 63.6 Å². The molecule has 0 aliphatic carbocycles. The van der Waals surface area contributed by atoms with Crippen molar-refractivity contribution in [1.29, 1.82) is 0 Å². The van der Waals surface area contributed by atoms with E-state index in [2.05, 4.69) is 17.4 Å². The molecule has 2 aromatic rings. The fourth-order valence-electron chi connectivity index (χ4n) is 3.57. The highest BCUT2D eigenvalue weighted by molar-refractivity contribution is 7.99. The molecule has 2 amide bonds. The van der Waals surface area contributed by atoms with Gasteiger partial charge in [0.05, 0.1) is 0 Å². The third-order valence-corrected chi connectivity index (χ3v) is 6.74. The number of aryl methyl sites for hydroxylation is 1. The molecule has 7 heteroatoms. The molecule has 0 bridgehead atoms. The van der Waals surface area contributed by atoms with Gasteiger partial charge in [-0.3, -0.25) is 9.69 Å². The molecule has 3 unspecified atom stereocenters. The second-order valence-corrected chi connectivity index (χ2v) is 10.6. The minimum atomic E-state index is -0.654. The highest BCUT2D eigenvalue weighted by Crippen LogP contribution is 2.42. The van der Waals surface area contributed by atoms with Crippen LogP contribution in [0.4, 0.5) is 4.79 Å². The van der Waals surface area contributed by atoms with E-state index in [1.807, 2.05) is 58.0 Å². The van der Waals surface area contributed by atoms with Gasteiger partial charge in [-0.15, -0.1) is 11.8 Å². The van der Waals surface area contributed by atoms with E-state index in [9.17, 15) is 9.59 Å². The molecule has 0 saturated carbocycles. The van der Waals surface area contributed by atoms with E-state index in [1.54, 1.807) is 28.8 Å². The molecule has 5 nitrogen and oxygen atoms in total. The standard InChI is InChI=1S/C25H31ClN2O3S/c1-17(10-11-18-8-6-5-7-9-18)27-22(29)21-16-32-23(19-12-14-20(26)15-13-19)28(21)24(30)31-25(2,3)4/h5-9,12-15,17,21,23H,10-11,16H2,1-4H3,(H,27,29). The molecule has 0 aromatic heterocycles. The summed E-state index contributed by atoms with van der Waals surface area (Å²) < 4.78 is 5.66. The Morgan fingerprint density at radius 1 is 1.16 bits per heavy atom. The molecule has 3 rings (SSSR count). The van der Waals surface area contributed by atoms with Gasteiger partial charge >= 0.3 is 6.09 Å². The molecule has 32 heavy (non-hydrogen) atoms. The lowest BCUT2D eigenvalue weighted by molar-refractivity contribution is -0.126. The van der Waals surface area contributed by atoms with E-state index in [1.165, 1.54) is 5.56 Å². The predicted molar refractivity (Wildman–Crippen MR) is 131 cm³/mol. The van der Waals surface area contributed by atoms with Crippen LogP contribution in [0, 0.1) is 0 Å². The van der Waals surface area contributed by atoms with Crippen LogP contribution in [-0.4, -0.2) is 40.3 Å². The smallest absolute Gasteiger partial charge is 0.412 e. The van der Waals surface area contributed by atoms with Gasteiger partial charge in [-0.2, -0.15) is 0 Å². The Labute approximate surface area is 199 Å². The molecule has 2 aromatic carbocycles. The van der Waals surface area contributed by atoms with Gasteiger partial charge in [-0.25, -0.2) is 4.79 Å². The monoisotopic (exact) mass is 474 g/mol. The van der Waals surface area contributed by atoms with E-state index in [0.29, 0.717) is 10.8 Å². The van der Waals surface area contributed by atoms with Crippen molar-refractivity contribution in [3.8, 4) is 0 Å². The second kappa shape index (κ2) is 10.6. The number of nitrogens with one attached hydrogen (secondary N) is 1. The summed E-state index contributed by atoms with van der Waals surface area (Å²) in [7, 11) is 0. The summed E-state index contributed by atoms with van der Waals surface area (Å²) in [5.74, 6) is 0.351. The number of thioether (sulfide) groups is 1. The molecule has 1 aliphatic heterocycles. The Morgan fingerprint density at radius 2 is 1.81 bits per heavy atom. The molecule has 172 valence electrons. The predicted octanol–water partition coefficient (Wildman–Crippen LogP) is 5.83. The summed E-state index contributed by atoms with van der Waals surface area (Å²) in [6.45, 7) is 7.47. The van der Waals surface area contributed by atoms with Crippen molar-refractivity contribution in [2.24, 2.45) is 0 Å². The lowest BCUT2D eigenvalue weighted by Crippen LogP contribution is -2.51. The minimum absolute atomic E-state index is 0.0113. The van der Waals surface area contributed by atoms with E-state index in [0.717, 1.165) is 18.4 Å². The van der Waals surface area contributed by atoms with Crippen LogP contribution >= 0.6 is 23.4 Å². The first-order valence-corrected chi connectivity index (χ1v) is 12.3. The molecule has 1 aliphatic rings. The summed E-state index contributed by atoms with van der Waals surface area (Å²) in [6, 6.07) is 17.0. The highest BCUT2D eigenvalue weighted by Gasteiger charge is 2.44. The van der Waals surface area contributed by atoms with Crippen molar-refractivity contribution in [2.75, 3.05) is 5.75 Å². The van der Waals surface area contributed by atoms with Crippen molar-refractivity contribution >= 4 is 35.4 Å². The zero-order chi connectivity index (χ0) is 23.3. The van der Waals surface area contributed by atoms with Crippen molar-refractivity contribution in [3.63, 3.8) is 0 Å². The van der Waals surface area contributed by atoms with Crippen LogP contribution in [0.1, 0.15) is 50.6 Å². The second-order valence-electron chi connectivity index (χ2n) is 9.07. The van der Waals surface area contributed by atoms with Crippen LogP contribution in [-0.2, 0) is 16.0 Å². The maximum absolute atomic E-state index is 13.2. The molecule has 1 heterocycles. The minimum Gasteiger partial charge on any atom is -0.444 e. The lowest BCUT2D eigenvalue weighted by Gasteiger charge is -2.32. The quantitative estimate of drug-likeness (QED) is 0.572. The largest absolute Gasteiger partial charge is 0.444 e.